The van der Waals surface area contributed by atoms with Crippen LogP contribution >= 0.6 is 0 Å². The van der Waals surface area contributed by atoms with Gasteiger partial charge >= 0.3 is 0 Å². The van der Waals surface area contributed by atoms with Crippen LogP contribution in [-0.4, -0.2) is 32.2 Å². The number of nitrogens with one attached hydrogen (secondary N) is 2. The van der Waals surface area contributed by atoms with Crippen molar-refractivity contribution in [2.75, 3.05) is 17.3 Å². The molecule has 30 heavy (non-hydrogen) atoms. The molecular weight excluding hydrogens is 388 g/mol. The number of rotatable bonds is 7. The largest absolute Gasteiger partial charge is 0.337 e. The minimum Gasteiger partial charge on any atom is -0.337 e. The summed E-state index contributed by atoms with van der Waals surface area (Å²) >= 11 is 0. The summed E-state index contributed by atoms with van der Waals surface area (Å²) in [5.74, 6) is 2.10. The molecule has 2 aliphatic carbocycles. The molecule has 2 heterocycles. The maximum absolute atomic E-state index is 14.3. The van der Waals surface area contributed by atoms with Crippen LogP contribution in [0, 0.1) is 11.6 Å². The van der Waals surface area contributed by atoms with E-state index >= 15 is 0 Å². The van der Waals surface area contributed by atoms with Crippen molar-refractivity contribution in [2.45, 2.75) is 50.5 Å². The predicted octanol–water partition coefficient (Wildman–Crippen LogP) is 4.57. The van der Waals surface area contributed by atoms with Crippen molar-refractivity contribution in [3.05, 3.63) is 53.0 Å². The Balaban J connectivity index is 1.43. The Morgan fingerprint density at radius 2 is 1.83 bits per heavy atom. The van der Waals surface area contributed by atoms with Gasteiger partial charge in [0.05, 0.1) is 6.04 Å². The van der Waals surface area contributed by atoms with Crippen LogP contribution in [0.25, 0.3) is 0 Å². The average molecular weight is 411 g/mol. The highest BCUT2D eigenvalue weighted by Crippen LogP contribution is 2.40. The molecule has 2 aromatic heterocycles. The molecule has 2 saturated carbocycles. The highest BCUT2D eigenvalue weighted by Gasteiger charge is 2.30. The fraction of sp³-hybridized carbons (Fsp3) is 0.429. The molecule has 0 radical (unpaired) electrons. The predicted molar refractivity (Wildman–Crippen MR) is 109 cm³/mol. The van der Waals surface area contributed by atoms with Gasteiger partial charge in [-0.1, -0.05) is 0 Å². The number of nitrogens with zero attached hydrogens (tertiary/aromatic N) is 5. The smallest absolute Gasteiger partial charge is 0.233 e. The standard InChI is InChI=1S/C21H23F2N7/c1-11(15-9-14(22)7-8-16(15)23)30(2)21-26-19(13-5-6-13)25-20(27-21)24-18-10-17(28-29-18)12-3-4-12/h7-13H,3-6H2,1-2H3,(H2,24,25,26,27,28,29). The van der Waals surface area contributed by atoms with Crippen molar-refractivity contribution < 1.29 is 8.78 Å². The Labute approximate surface area is 173 Å². The molecule has 2 fully saturated rings. The minimum absolute atomic E-state index is 0.252. The normalized spacial score (nSPS) is 17.1. The van der Waals surface area contributed by atoms with Crippen molar-refractivity contribution in [3.63, 3.8) is 0 Å². The first-order valence-electron chi connectivity index (χ1n) is 10.2. The van der Waals surface area contributed by atoms with E-state index < -0.39 is 17.7 Å². The van der Waals surface area contributed by atoms with Gasteiger partial charge in [0, 0.05) is 36.2 Å². The highest BCUT2D eigenvalue weighted by atomic mass is 19.1. The van der Waals surface area contributed by atoms with Crippen LogP contribution in [0.5, 0.6) is 0 Å². The van der Waals surface area contributed by atoms with Gasteiger partial charge in [0.15, 0.2) is 5.82 Å². The zero-order valence-electron chi connectivity index (χ0n) is 16.9. The number of aromatic amines is 1. The SMILES string of the molecule is CC(c1cc(F)ccc1F)N(C)c1nc(Nc2cc(C3CC3)[nH]n2)nc(C2CC2)n1. The van der Waals surface area contributed by atoms with Gasteiger partial charge < -0.3 is 10.2 Å². The molecule has 9 heteroatoms. The topological polar surface area (TPSA) is 82.6 Å². The third kappa shape index (κ3) is 3.83. The van der Waals surface area contributed by atoms with Gasteiger partial charge in [-0.25, -0.2) is 8.78 Å². The summed E-state index contributed by atoms with van der Waals surface area (Å²) < 4.78 is 28.0. The molecule has 1 atom stereocenters. The number of hydrogen-bond donors (Lipinski definition) is 2. The first-order chi connectivity index (χ1) is 14.5. The fourth-order valence-electron chi connectivity index (χ4n) is 3.45. The zero-order valence-corrected chi connectivity index (χ0v) is 16.9. The second kappa shape index (κ2) is 7.30. The van der Waals surface area contributed by atoms with Gasteiger partial charge in [-0.15, -0.1) is 0 Å². The third-order valence-corrected chi connectivity index (χ3v) is 5.74. The molecule has 0 amide bonds. The summed E-state index contributed by atoms with van der Waals surface area (Å²) in [4.78, 5) is 15.4. The first kappa shape index (κ1) is 18.9. The van der Waals surface area contributed by atoms with E-state index in [1.54, 1.807) is 18.9 Å². The first-order valence-corrected chi connectivity index (χ1v) is 10.2. The third-order valence-electron chi connectivity index (χ3n) is 5.74. The highest BCUT2D eigenvalue weighted by molar-refractivity contribution is 5.51. The lowest BCUT2D eigenvalue weighted by Gasteiger charge is -2.26. The molecule has 0 saturated heterocycles. The summed E-state index contributed by atoms with van der Waals surface area (Å²) in [7, 11) is 1.77. The van der Waals surface area contributed by atoms with Crippen molar-refractivity contribution in [1.29, 1.82) is 0 Å². The Morgan fingerprint density at radius 1 is 1.07 bits per heavy atom. The van der Waals surface area contributed by atoms with Crippen LogP contribution in [0.1, 0.15) is 67.6 Å². The van der Waals surface area contributed by atoms with Crippen LogP contribution < -0.4 is 10.2 Å². The molecule has 0 bridgehead atoms. The maximum atomic E-state index is 14.3. The second-order valence-electron chi connectivity index (χ2n) is 8.15. The van der Waals surface area contributed by atoms with Gasteiger partial charge in [0.25, 0.3) is 0 Å². The average Bonchev–Trinajstić information content (AvgIpc) is 3.67. The molecular formula is C21H23F2N7. The summed E-state index contributed by atoms with van der Waals surface area (Å²) in [6, 6.07) is 4.98. The lowest BCUT2D eigenvalue weighted by atomic mass is 10.1. The van der Waals surface area contributed by atoms with E-state index in [1.807, 2.05) is 6.07 Å². The Bertz CT molecular complexity index is 1070. The summed E-state index contributed by atoms with van der Waals surface area (Å²) in [6.07, 6.45) is 4.44. The van der Waals surface area contributed by atoms with Gasteiger partial charge in [-0.05, 0) is 50.8 Å². The van der Waals surface area contributed by atoms with Gasteiger partial charge in [0.2, 0.25) is 11.9 Å². The van der Waals surface area contributed by atoms with Crippen LogP contribution in [0.4, 0.5) is 26.5 Å². The second-order valence-corrected chi connectivity index (χ2v) is 8.15. The van der Waals surface area contributed by atoms with Crippen LogP contribution in [-0.2, 0) is 0 Å². The van der Waals surface area contributed by atoms with Gasteiger partial charge in [-0.3, -0.25) is 5.10 Å². The van der Waals surface area contributed by atoms with Crippen molar-refractivity contribution in [1.82, 2.24) is 25.1 Å². The number of aromatic nitrogens is 5. The molecule has 1 unspecified atom stereocenters. The summed E-state index contributed by atoms with van der Waals surface area (Å²) in [5, 5.41) is 10.5. The van der Waals surface area contributed by atoms with E-state index in [2.05, 4.69) is 30.5 Å². The quantitative estimate of drug-likeness (QED) is 0.593. The lowest BCUT2D eigenvalue weighted by Crippen LogP contribution is -2.25. The number of benzene rings is 1. The van der Waals surface area contributed by atoms with Gasteiger partial charge in [-0.2, -0.15) is 20.1 Å². The number of anilines is 3. The molecule has 156 valence electrons. The summed E-state index contributed by atoms with van der Waals surface area (Å²) in [5.41, 5.74) is 1.36. The van der Waals surface area contributed by atoms with E-state index in [-0.39, 0.29) is 5.56 Å². The van der Waals surface area contributed by atoms with E-state index in [1.165, 1.54) is 18.9 Å². The van der Waals surface area contributed by atoms with E-state index in [4.69, 9.17) is 0 Å². The monoisotopic (exact) mass is 411 g/mol. The number of hydrogen-bond acceptors (Lipinski definition) is 6. The molecule has 2 N–H and O–H groups in total. The Kier molecular flexibility index (Phi) is 4.60. The Hall–Kier alpha value is -3.10. The number of halogens is 2. The zero-order chi connectivity index (χ0) is 20.8. The molecule has 7 nitrogen and oxygen atoms in total. The Morgan fingerprint density at radius 3 is 2.57 bits per heavy atom. The van der Waals surface area contributed by atoms with Crippen LogP contribution in [0.3, 0.4) is 0 Å². The van der Waals surface area contributed by atoms with Crippen molar-refractivity contribution in [3.8, 4) is 0 Å². The van der Waals surface area contributed by atoms with Crippen LogP contribution in [0.15, 0.2) is 24.3 Å². The molecule has 0 spiro atoms. The minimum atomic E-state index is -0.478. The summed E-state index contributed by atoms with van der Waals surface area (Å²) in [6.45, 7) is 1.79. The maximum Gasteiger partial charge on any atom is 0.233 e. The van der Waals surface area contributed by atoms with Gasteiger partial charge in [0.1, 0.15) is 17.5 Å². The molecule has 5 rings (SSSR count). The molecule has 3 aromatic rings. The van der Waals surface area contributed by atoms with Crippen LogP contribution in [0.2, 0.25) is 0 Å². The lowest BCUT2D eigenvalue weighted by molar-refractivity contribution is 0.562. The van der Waals surface area contributed by atoms with Crippen molar-refractivity contribution >= 4 is 17.7 Å². The molecule has 0 aliphatic heterocycles. The fourth-order valence-corrected chi connectivity index (χ4v) is 3.45. The molecule has 2 aliphatic rings. The van der Waals surface area contributed by atoms with E-state index in [0.717, 1.165) is 30.7 Å². The molecule has 1 aromatic carbocycles. The van der Waals surface area contributed by atoms with Crippen molar-refractivity contribution in [2.24, 2.45) is 0 Å². The van der Waals surface area contributed by atoms with E-state index in [9.17, 15) is 8.78 Å². The van der Waals surface area contributed by atoms with E-state index in [0.29, 0.717) is 35.4 Å². The number of H-pyrrole nitrogens is 1.